The molecular formula is C24H29ClN4O2. The van der Waals surface area contributed by atoms with E-state index < -0.39 is 0 Å². The Hall–Kier alpha value is -2.83. The third-order valence-corrected chi connectivity index (χ3v) is 5.52. The van der Waals surface area contributed by atoms with Gasteiger partial charge in [-0.15, -0.1) is 0 Å². The van der Waals surface area contributed by atoms with Gasteiger partial charge in [0.1, 0.15) is 0 Å². The molecule has 0 atom stereocenters. The number of hydrogen-bond donors (Lipinski definition) is 2. The molecule has 0 saturated carbocycles. The Morgan fingerprint density at radius 1 is 1.10 bits per heavy atom. The molecule has 0 bridgehead atoms. The first-order valence-electron chi connectivity index (χ1n) is 10.3. The molecule has 31 heavy (non-hydrogen) atoms. The molecule has 7 heteroatoms. The number of pyridine rings is 1. The Morgan fingerprint density at radius 2 is 1.84 bits per heavy atom. The third kappa shape index (κ3) is 5.87. The summed E-state index contributed by atoms with van der Waals surface area (Å²) in [5.41, 5.74) is 3.92. The van der Waals surface area contributed by atoms with E-state index in [-0.39, 0.29) is 18.1 Å². The number of nitrogens with one attached hydrogen (secondary N) is 2. The molecule has 0 saturated heterocycles. The van der Waals surface area contributed by atoms with Crippen LogP contribution in [0, 0.1) is 13.8 Å². The van der Waals surface area contributed by atoms with Crippen molar-refractivity contribution < 1.29 is 4.79 Å². The zero-order valence-electron chi connectivity index (χ0n) is 18.5. The molecule has 2 aromatic carbocycles. The lowest BCUT2D eigenvalue weighted by molar-refractivity contribution is 0.205. The monoisotopic (exact) mass is 440 g/mol. The van der Waals surface area contributed by atoms with E-state index in [4.69, 9.17) is 11.6 Å². The maximum Gasteiger partial charge on any atom is 0.322 e. The second-order valence-electron chi connectivity index (χ2n) is 8.16. The number of para-hydroxylation sites is 1. The van der Waals surface area contributed by atoms with Crippen LogP contribution in [0.3, 0.4) is 0 Å². The van der Waals surface area contributed by atoms with Gasteiger partial charge in [-0.25, -0.2) is 4.79 Å². The maximum absolute atomic E-state index is 13.1. The number of fused-ring (bicyclic) bond motifs is 1. The smallest absolute Gasteiger partial charge is 0.322 e. The standard InChI is InChI=1S/C24H29ClN4O2/c1-16-12-17(2)19-14-18(23(30)26-22(19)13-16)15-29(11-7-10-28(3)4)24(31)27-21-9-6-5-8-20(21)25/h5-6,8-9,12-14H,7,10-11,15H2,1-4H3,(H,26,30)(H,27,31). The number of hydrogen-bond acceptors (Lipinski definition) is 3. The minimum atomic E-state index is -0.285. The molecule has 0 aliphatic rings. The van der Waals surface area contributed by atoms with Gasteiger partial charge in [0.25, 0.3) is 5.56 Å². The summed E-state index contributed by atoms with van der Waals surface area (Å²) in [7, 11) is 3.99. The zero-order valence-corrected chi connectivity index (χ0v) is 19.2. The Kier molecular flexibility index (Phi) is 7.36. The van der Waals surface area contributed by atoms with Gasteiger partial charge >= 0.3 is 6.03 Å². The van der Waals surface area contributed by atoms with Crippen molar-refractivity contribution in [2.45, 2.75) is 26.8 Å². The maximum atomic E-state index is 13.1. The van der Waals surface area contributed by atoms with Crippen molar-refractivity contribution in [3.05, 3.63) is 74.5 Å². The first kappa shape index (κ1) is 22.8. The summed E-state index contributed by atoms with van der Waals surface area (Å²) in [5, 5.41) is 4.33. The number of rotatable bonds is 7. The lowest BCUT2D eigenvalue weighted by Crippen LogP contribution is -2.37. The Labute approximate surface area is 187 Å². The highest BCUT2D eigenvalue weighted by Gasteiger charge is 2.17. The Balaban J connectivity index is 1.88. The average Bonchev–Trinajstić information content (AvgIpc) is 2.69. The van der Waals surface area contributed by atoms with Crippen LogP contribution in [0.4, 0.5) is 10.5 Å². The van der Waals surface area contributed by atoms with Crippen LogP contribution < -0.4 is 10.9 Å². The molecular weight excluding hydrogens is 412 g/mol. The van der Waals surface area contributed by atoms with Crippen LogP contribution in [0.2, 0.25) is 5.02 Å². The van der Waals surface area contributed by atoms with Crippen LogP contribution in [0.5, 0.6) is 0 Å². The van der Waals surface area contributed by atoms with Crippen molar-refractivity contribution in [1.29, 1.82) is 0 Å². The number of H-pyrrole nitrogens is 1. The molecule has 0 spiro atoms. The van der Waals surface area contributed by atoms with E-state index in [0.717, 1.165) is 35.0 Å². The summed E-state index contributed by atoms with van der Waals surface area (Å²) in [5.74, 6) is 0. The second kappa shape index (κ2) is 9.98. The van der Waals surface area contributed by atoms with E-state index in [1.165, 1.54) is 0 Å². The number of carbonyl (C=O) groups is 1. The molecule has 0 fully saturated rings. The lowest BCUT2D eigenvalue weighted by atomic mass is 10.0. The minimum Gasteiger partial charge on any atom is -0.322 e. The molecule has 3 aromatic rings. The number of carbonyl (C=O) groups excluding carboxylic acids is 1. The number of urea groups is 1. The van der Waals surface area contributed by atoms with Crippen molar-refractivity contribution in [2.75, 3.05) is 32.5 Å². The molecule has 2 amide bonds. The van der Waals surface area contributed by atoms with Gasteiger partial charge in [0.2, 0.25) is 0 Å². The van der Waals surface area contributed by atoms with Gasteiger partial charge in [-0.05, 0) is 76.3 Å². The van der Waals surface area contributed by atoms with Crippen LogP contribution in [-0.2, 0) is 6.54 Å². The van der Waals surface area contributed by atoms with Crippen molar-refractivity contribution in [3.8, 4) is 0 Å². The van der Waals surface area contributed by atoms with Gasteiger partial charge < -0.3 is 20.1 Å². The largest absolute Gasteiger partial charge is 0.322 e. The summed E-state index contributed by atoms with van der Waals surface area (Å²) in [6.45, 7) is 5.59. The van der Waals surface area contributed by atoms with Crippen LogP contribution >= 0.6 is 11.6 Å². The summed E-state index contributed by atoms with van der Waals surface area (Å²) >= 11 is 6.20. The number of amides is 2. The van der Waals surface area contributed by atoms with Crippen molar-refractivity contribution in [2.24, 2.45) is 0 Å². The SMILES string of the molecule is Cc1cc(C)c2cc(CN(CCCN(C)C)C(=O)Nc3ccccc3Cl)c(=O)[nH]c2c1. The number of nitrogens with zero attached hydrogens (tertiary/aromatic N) is 2. The van der Waals surface area contributed by atoms with Crippen molar-refractivity contribution in [3.63, 3.8) is 0 Å². The predicted octanol–water partition coefficient (Wildman–Crippen LogP) is 4.78. The molecule has 6 nitrogen and oxygen atoms in total. The van der Waals surface area contributed by atoms with Crippen molar-refractivity contribution in [1.82, 2.24) is 14.8 Å². The molecule has 0 radical (unpaired) electrons. The fraction of sp³-hybridized carbons (Fsp3) is 0.333. The highest BCUT2D eigenvalue weighted by atomic mass is 35.5. The summed E-state index contributed by atoms with van der Waals surface area (Å²) in [4.78, 5) is 32.5. The summed E-state index contributed by atoms with van der Waals surface area (Å²) in [6, 6.07) is 12.8. The molecule has 164 valence electrons. The number of halogens is 1. The number of anilines is 1. The first-order valence-corrected chi connectivity index (χ1v) is 10.7. The normalized spacial score (nSPS) is 11.2. The van der Waals surface area contributed by atoms with E-state index in [2.05, 4.69) is 21.3 Å². The highest BCUT2D eigenvalue weighted by Crippen LogP contribution is 2.22. The number of aromatic amines is 1. The van der Waals surface area contributed by atoms with E-state index in [1.807, 2.05) is 52.2 Å². The zero-order chi connectivity index (χ0) is 22.5. The van der Waals surface area contributed by atoms with Crippen LogP contribution in [0.1, 0.15) is 23.1 Å². The molecule has 1 aromatic heterocycles. The molecule has 3 rings (SSSR count). The van der Waals surface area contributed by atoms with Gasteiger partial charge in [0.05, 0.1) is 17.3 Å². The number of aryl methyl sites for hydroxylation is 2. The fourth-order valence-electron chi connectivity index (χ4n) is 3.63. The van der Waals surface area contributed by atoms with Gasteiger partial charge in [-0.2, -0.15) is 0 Å². The van der Waals surface area contributed by atoms with Crippen LogP contribution in [-0.4, -0.2) is 48.0 Å². The highest BCUT2D eigenvalue weighted by molar-refractivity contribution is 6.33. The molecule has 2 N–H and O–H groups in total. The summed E-state index contributed by atoms with van der Waals surface area (Å²) < 4.78 is 0. The fourth-order valence-corrected chi connectivity index (χ4v) is 3.81. The minimum absolute atomic E-state index is 0.180. The van der Waals surface area contributed by atoms with Gasteiger partial charge in [-0.3, -0.25) is 4.79 Å². The van der Waals surface area contributed by atoms with Gasteiger partial charge in [0, 0.05) is 23.0 Å². The molecule has 1 heterocycles. The molecule has 0 unspecified atom stereocenters. The number of aromatic nitrogens is 1. The summed E-state index contributed by atoms with van der Waals surface area (Å²) in [6.07, 6.45) is 0.784. The topological polar surface area (TPSA) is 68.4 Å². The number of benzene rings is 2. The van der Waals surface area contributed by atoms with E-state index >= 15 is 0 Å². The molecule has 0 aliphatic carbocycles. The Morgan fingerprint density at radius 3 is 2.55 bits per heavy atom. The van der Waals surface area contributed by atoms with E-state index in [0.29, 0.717) is 22.8 Å². The third-order valence-electron chi connectivity index (χ3n) is 5.19. The van der Waals surface area contributed by atoms with Crippen molar-refractivity contribution >= 4 is 34.2 Å². The van der Waals surface area contributed by atoms with E-state index in [9.17, 15) is 9.59 Å². The van der Waals surface area contributed by atoms with Gasteiger partial charge in [-0.1, -0.05) is 29.8 Å². The lowest BCUT2D eigenvalue weighted by Gasteiger charge is -2.24. The van der Waals surface area contributed by atoms with Gasteiger partial charge in [0.15, 0.2) is 0 Å². The van der Waals surface area contributed by atoms with Crippen LogP contribution in [0.25, 0.3) is 10.9 Å². The second-order valence-corrected chi connectivity index (χ2v) is 8.56. The predicted molar refractivity (Wildman–Crippen MR) is 128 cm³/mol. The van der Waals surface area contributed by atoms with E-state index in [1.54, 1.807) is 17.0 Å². The van der Waals surface area contributed by atoms with Crippen LogP contribution in [0.15, 0.2) is 47.3 Å². The Bertz CT molecular complexity index is 1140. The first-order chi connectivity index (χ1) is 14.7. The molecule has 0 aliphatic heterocycles. The quantitative estimate of drug-likeness (QED) is 0.555. The average molecular weight is 441 g/mol.